The van der Waals surface area contributed by atoms with E-state index in [4.69, 9.17) is 9.72 Å². The number of rotatable bonds is 6. The quantitative estimate of drug-likeness (QED) is 0.624. The highest BCUT2D eigenvalue weighted by atomic mass is 19.1. The number of imidazole rings is 1. The fourth-order valence-electron chi connectivity index (χ4n) is 3.72. The molecule has 1 aromatic heterocycles. The molecule has 0 bridgehead atoms. The lowest BCUT2D eigenvalue weighted by atomic mass is 10.1. The van der Waals surface area contributed by atoms with Gasteiger partial charge in [0.1, 0.15) is 11.6 Å². The van der Waals surface area contributed by atoms with Crippen molar-refractivity contribution in [3.63, 3.8) is 0 Å². The summed E-state index contributed by atoms with van der Waals surface area (Å²) < 4.78 is 21.3. The molecule has 1 saturated heterocycles. The van der Waals surface area contributed by atoms with Gasteiger partial charge >= 0.3 is 0 Å². The van der Waals surface area contributed by atoms with Crippen LogP contribution in [0.15, 0.2) is 48.5 Å². The zero-order valence-electron chi connectivity index (χ0n) is 15.3. The van der Waals surface area contributed by atoms with Crippen molar-refractivity contribution in [1.29, 1.82) is 0 Å². The van der Waals surface area contributed by atoms with Gasteiger partial charge in [0.05, 0.1) is 17.6 Å². The molecule has 0 aliphatic carbocycles. The largest absolute Gasteiger partial charge is 0.380 e. The highest BCUT2D eigenvalue weighted by Gasteiger charge is 2.34. The van der Waals surface area contributed by atoms with Crippen LogP contribution < -0.4 is 4.90 Å². The van der Waals surface area contributed by atoms with E-state index in [1.807, 2.05) is 31.2 Å². The summed E-state index contributed by atoms with van der Waals surface area (Å²) >= 11 is 0. The van der Waals surface area contributed by atoms with Crippen molar-refractivity contribution in [1.82, 2.24) is 9.55 Å². The molecule has 6 heteroatoms. The predicted molar refractivity (Wildman–Crippen MR) is 102 cm³/mol. The van der Waals surface area contributed by atoms with E-state index in [0.29, 0.717) is 38.4 Å². The number of para-hydroxylation sites is 2. The number of fused-ring (bicyclic) bond motifs is 1. The Morgan fingerprint density at radius 2 is 2.07 bits per heavy atom. The topological polar surface area (TPSA) is 47.4 Å². The van der Waals surface area contributed by atoms with Crippen LogP contribution in [-0.4, -0.2) is 35.2 Å². The van der Waals surface area contributed by atoms with E-state index in [0.717, 1.165) is 16.9 Å². The van der Waals surface area contributed by atoms with Gasteiger partial charge in [-0.3, -0.25) is 4.79 Å². The van der Waals surface area contributed by atoms with Crippen LogP contribution in [0.3, 0.4) is 0 Å². The number of carbonyl (C=O) groups excluding carboxylic acids is 1. The number of amides is 1. The van der Waals surface area contributed by atoms with Crippen LogP contribution in [0.4, 0.5) is 10.1 Å². The fraction of sp³-hybridized carbons (Fsp3) is 0.333. The van der Waals surface area contributed by atoms with Gasteiger partial charge < -0.3 is 14.2 Å². The summed E-state index contributed by atoms with van der Waals surface area (Å²) in [6.45, 7) is 4.42. The second-order valence-corrected chi connectivity index (χ2v) is 6.69. The standard InChI is InChI=1S/C21H22FN3O2/c1-2-27-11-10-24-19-9-4-3-8-18(19)23-21(24)15-12-20(26)25(14-15)17-7-5-6-16(22)13-17/h3-9,13,15H,2,10-12,14H2,1H3. The van der Waals surface area contributed by atoms with Crippen LogP contribution in [0.2, 0.25) is 0 Å². The van der Waals surface area contributed by atoms with Gasteiger partial charge in [0, 0.05) is 37.7 Å². The van der Waals surface area contributed by atoms with Crippen LogP contribution in [-0.2, 0) is 16.1 Å². The molecule has 5 nitrogen and oxygen atoms in total. The minimum atomic E-state index is -0.340. The average molecular weight is 367 g/mol. The first kappa shape index (κ1) is 17.7. The third kappa shape index (κ3) is 3.45. The molecule has 1 fully saturated rings. The third-order valence-corrected chi connectivity index (χ3v) is 4.96. The van der Waals surface area contributed by atoms with Gasteiger partial charge in [-0.1, -0.05) is 18.2 Å². The number of benzene rings is 2. The molecule has 3 aromatic rings. The third-order valence-electron chi connectivity index (χ3n) is 4.96. The summed E-state index contributed by atoms with van der Waals surface area (Å²) in [4.78, 5) is 19.1. The molecule has 0 saturated carbocycles. The number of halogens is 1. The lowest BCUT2D eigenvalue weighted by molar-refractivity contribution is -0.117. The maximum Gasteiger partial charge on any atom is 0.227 e. The van der Waals surface area contributed by atoms with E-state index in [9.17, 15) is 9.18 Å². The molecular weight excluding hydrogens is 345 g/mol. The maximum atomic E-state index is 13.6. The van der Waals surface area contributed by atoms with Gasteiger partial charge in [0.25, 0.3) is 0 Å². The van der Waals surface area contributed by atoms with Crippen molar-refractivity contribution in [2.75, 3.05) is 24.7 Å². The number of carbonyl (C=O) groups is 1. The molecule has 2 heterocycles. The Bertz CT molecular complexity index is 969. The molecule has 0 radical (unpaired) electrons. The average Bonchev–Trinajstić information content (AvgIpc) is 3.23. The first-order chi connectivity index (χ1) is 13.2. The van der Waals surface area contributed by atoms with Gasteiger partial charge in [-0.2, -0.15) is 0 Å². The highest BCUT2D eigenvalue weighted by molar-refractivity contribution is 5.96. The molecule has 1 aliphatic rings. The van der Waals surface area contributed by atoms with Gasteiger partial charge in [0.15, 0.2) is 0 Å². The molecule has 1 atom stereocenters. The van der Waals surface area contributed by atoms with Crippen molar-refractivity contribution in [2.45, 2.75) is 25.8 Å². The molecule has 0 spiro atoms. The number of anilines is 1. The molecule has 0 N–H and O–H groups in total. The van der Waals surface area contributed by atoms with Crippen LogP contribution in [0, 0.1) is 5.82 Å². The minimum absolute atomic E-state index is 0.00554. The van der Waals surface area contributed by atoms with E-state index >= 15 is 0 Å². The molecule has 27 heavy (non-hydrogen) atoms. The zero-order chi connectivity index (χ0) is 18.8. The number of hydrogen-bond acceptors (Lipinski definition) is 3. The first-order valence-corrected chi connectivity index (χ1v) is 9.26. The summed E-state index contributed by atoms with van der Waals surface area (Å²) in [5, 5.41) is 0. The van der Waals surface area contributed by atoms with Crippen molar-refractivity contribution in [2.24, 2.45) is 0 Å². The first-order valence-electron chi connectivity index (χ1n) is 9.26. The number of aromatic nitrogens is 2. The van der Waals surface area contributed by atoms with Gasteiger partial charge in [-0.15, -0.1) is 0 Å². The predicted octanol–water partition coefficient (Wildman–Crippen LogP) is 3.73. The van der Waals surface area contributed by atoms with Crippen molar-refractivity contribution < 1.29 is 13.9 Å². The number of ether oxygens (including phenoxy) is 1. The summed E-state index contributed by atoms with van der Waals surface area (Å²) in [7, 11) is 0. The summed E-state index contributed by atoms with van der Waals surface area (Å²) in [6, 6.07) is 14.2. The Morgan fingerprint density at radius 1 is 1.22 bits per heavy atom. The smallest absolute Gasteiger partial charge is 0.227 e. The van der Waals surface area contributed by atoms with Crippen LogP contribution in [0.5, 0.6) is 0 Å². The Labute approximate surface area is 157 Å². The van der Waals surface area contributed by atoms with Crippen LogP contribution >= 0.6 is 0 Å². The highest BCUT2D eigenvalue weighted by Crippen LogP contribution is 2.33. The molecule has 4 rings (SSSR count). The monoisotopic (exact) mass is 367 g/mol. The normalized spacial score (nSPS) is 17.2. The fourth-order valence-corrected chi connectivity index (χ4v) is 3.72. The number of nitrogens with zero attached hydrogens (tertiary/aromatic N) is 3. The lowest BCUT2D eigenvalue weighted by Crippen LogP contribution is -2.24. The molecule has 140 valence electrons. The molecule has 1 unspecified atom stereocenters. The SMILES string of the molecule is CCOCCn1c(C2CC(=O)N(c3cccc(F)c3)C2)nc2ccccc21. The van der Waals surface area contributed by atoms with Crippen molar-refractivity contribution in [3.8, 4) is 0 Å². The Morgan fingerprint density at radius 3 is 2.89 bits per heavy atom. The summed E-state index contributed by atoms with van der Waals surface area (Å²) in [6.07, 6.45) is 0.370. The molecule has 2 aromatic carbocycles. The van der Waals surface area contributed by atoms with Crippen LogP contribution in [0.25, 0.3) is 11.0 Å². The summed E-state index contributed by atoms with van der Waals surface area (Å²) in [5.41, 5.74) is 2.56. The van der Waals surface area contributed by atoms with Crippen LogP contribution in [0.1, 0.15) is 25.1 Å². The second-order valence-electron chi connectivity index (χ2n) is 6.69. The Balaban J connectivity index is 1.66. The Kier molecular flexibility index (Phi) is 4.90. The summed E-state index contributed by atoms with van der Waals surface area (Å²) in [5.74, 6) is 0.514. The minimum Gasteiger partial charge on any atom is -0.380 e. The zero-order valence-corrected chi connectivity index (χ0v) is 15.3. The van der Waals surface area contributed by atoms with Gasteiger partial charge in [-0.25, -0.2) is 9.37 Å². The maximum absolute atomic E-state index is 13.6. The number of hydrogen-bond donors (Lipinski definition) is 0. The van der Waals surface area contributed by atoms with E-state index in [1.165, 1.54) is 12.1 Å². The molecule has 1 amide bonds. The van der Waals surface area contributed by atoms with Gasteiger partial charge in [0.2, 0.25) is 5.91 Å². The molecular formula is C21H22FN3O2. The van der Waals surface area contributed by atoms with E-state index in [-0.39, 0.29) is 17.6 Å². The Hall–Kier alpha value is -2.73. The molecule has 1 aliphatic heterocycles. The van der Waals surface area contributed by atoms with E-state index in [1.54, 1.807) is 17.0 Å². The van der Waals surface area contributed by atoms with Crippen molar-refractivity contribution in [3.05, 3.63) is 60.2 Å². The van der Waals surface area contributed by atoms with Gasteiger partial charge in [-0.05, 0) is 37.3 Å². The lowest BCUT2D eigenvalue weighted by Gasteiger charge is -2.17. The van der Waals surface area contributed by atoms with E-state index < -0.39 is 0 Å². The van der Waals surface area contributed by atoms with Crippen molar-refractivity contribution >= 4 is 22.6 Å². The van der Waals surface area contributed by atoms with E-state index in [2.05, 4.69) is 4.57 Å². The second kappa shape index (κ2) is 7.48.